The Bertz CT molecular complexity index is 2930. The van der Waals surface area contributed by atoms with Gasteiger partial charge in [0.2, 0.25) is 0 Å². The molecule has 2 heterocycles. The molecular formula is C78H66Cl2Co2N2O2Pd2. The molecule has 2 atom stereocenters. The van der Waals surface area contributed by atoms with Gasteiger partial charge in [-0.1, -0.05) is 296 Å². The van der Waals surface area contributed by atoms with Gasteiger partial charge in [-0.05, 0) is 101 Å². The maximum absolute atomic E-state index is 5.49. The average molecular weight is 1470 g/mol. The Morgan fingerprint density at radius 1 is 0.330 bits per heavy atom. The van der Waals surface area contributed by atoms with E-state index in [1.807, 2.05) is 38.5 Å². The monoisotopic (exact) mass is 1460 g/mol. The van der Waals surface area contributed by atoms with Crippen molar-refractivity contribution in [3.05, 3.63) is 350 Å². The maximum atomic E-state index is 5.49. The Hall–Kier alpha value is -5.42. The summed E-state index contributed by atoms with van der Waals surface area (Å²) in [7, 11) is 8.98. The first-order valence-electron chi connectivity index (χ1n) is 28.8. The minimum atomic E-state index is 0. The Morgan fingerprint density at radius 3 is 0.648 bits per heavy atom. The standard InChI is InChI=1S/2C28H20.2C11H13NO.2ClH.2Co.2Pd/c2*1-5-13-21(14-6-1)25-26(22-15-7-2-8-16-22)28(24-19-11-4-12-20-24)27(25)23-17-9-3-10-18-23;2*1-8(2)10-7-13-11(12-10)9-5-3-4-6-9;;;;;;/h2*1-20H;2*3-5,8,10H,7H2,1-2H3;2*1H;;;;/q;;2*-1;;;;;2*+2/p-2/t;;2*10-;;;;;;/m..11....../s1. The van der Waals surface area contributed by atoms with E-state index in [9.17, 15) is 0 Å². The molecule has 14 rings (SSSR count). The first kappa shape index (κ1) is 70.0. The number of benzene rings is 8. The van der Waals surface area contributed by atoms with E-state index in [1.165, 1.54) is 89.1 Å². The van der Waals surface area contributed by atoms with E-state index < -0.39 is 0 Å². The zero-order valence-corrected chi connectivity index (χ0v) is 55.8. The van der Waals surface area contributed by atoms with Crippen LogP contribution in [0.4, 0.5) is 0 Å². The molecule has 0 saturated heterocycles. The smallest absolute Gasteiger partial charge is 0 e. The van der Waals surface area contributed by atoms with Gasteiger partial charge in [-0.3, -0.25) is 9.98 Å². The fourth-order valence-corrected chi connectivity index (χ4v) is 10.7. The summed E-state index contributed by atoms with van der Waals surface area (Å²) in [5.41, 5.74) is 20.8. The first-order valence-corrected chi connectivity index (χ1v) is 32.8. The second-order valence-corrected chi connectivity index (χ2v) is 21.2. The van der Waals surface area contributed by atoms with Crippen molar-refractivity contribution in [1.29, 1.82) is 0 Å². The summed E-state index contributed by atoms with van der Waals surface area (Å²) in [6.07, 6.45) is 17.8. The predicted molar refractivity (Wildman–Crippen MR) is 353 cm³/mol. The van der Waals surface area contributed by atoms with E-state index in [4.69, 9.17) is 9.47 Å². The number of rotatable bonds is 12. The number of hydrogen-bond acceptors (Lipinski definition) is 4. The molecule has 0 unspecified atom stereocenters. The third-order valence-corrected chi connectivity index (χ3v) is 15.0. The minimum absolute atomic E-state index is 0. The van der Waals surface area contributed by atoms with Crippen molar-refractivity contribution in [1.82, 2.24) is 0 Å². The van der Waals surface area contributed by atoms with Crippen molar-refractivity contribution in [2.24, 2.45) is 21.8 Å². The minimum Gasteiger partial charge on any atom is -0.0622 e. The van der Waals surface area contributed by atoms with Crippen molar-refractivity contribution in [2.45, 2.75) is 39.8 Å². The van der Waals surface area contributed by atoms with Gasteiger partial charge < -0.3 is 22.3 Å². The zero-order valence-electron chi connectivity index (χ0n) is 49.0. The fraction of sp³-hybridized carbons (Fsp3) is 0.128. The van der Waals surface area contributed by atoms with Crippen molar-refractivity contribution < 1.29 is 79.4 Å². The second-order valence-electron chi connectivity index (χ2n) is 21.2. The van der Waals surface area contributed by atoms with Gasteiger partial charge in [0.1, 0.15) is 13.2 Å². The number of nitrogens with zero attached hydrogens (tertiary/aromatic N) is 2. The van der Waals surface area contributed by atoms with Gasteiger partial charge in [0.25, 0.3) is 0 Å². The SMILES string of the molecule is CC(C)[C@H]1COC([C]2[C-][CH][CH][CH]2)=N1.CC(C)[C@H]1COC([C]2[C-][CH][CH][CH]2)=N1.[Cl][Pd+].[Cl][Pd+].[Co].[Co].c1ccc(C2=C(c3ccccc3)C(c3ccccc3)=C2c2ccccc2)cc1.c1ccc(C2=C(c3ccccc3)C(c3ccccc3)=C2c2ccccc2)cc1. The molecule has 452 valence electrons. The Balaban J connectivity index is 0.000000172. The summed E-state index contributed by atoms with van der Waals surface area (Å²) in [6, 6.07) is 86.5. The largest absolute Gasteiger partial charge is 0.0622 e. The quantitative estimate of drug-likeness (QED) is 0.0904. The molecule has 2 fully saturated rings. The van der Waals surface area contributed by atoms with Gasteiger partial charge in [-0.2, -0.15) is 0 Å². The van der Waals surface area contributed by atoms with Gasteiger partial charge >= 0.3 is 55.4 Å². The van der Waals surface area contributed by atoms with Crippen molar-refractivity contribution in [2.75, 3.05) is 13.2 Å². The van der Waals surface area contributed by atoms with Gasteiger partial charge in [-0.25, -0.2) is 12.8 Å². The van der Waals surface area contributed by atoms with E-state index in [0.29, 0.717) is 37.1 Å². The summed E-state index contributed by atoms with van der Waals surface area (Å²) < 4.78 is 11.0. The molecule has 8 aromatic carbocycles. The van der Waals surface area contributed by atoms with Crippen LogP contribution in [-0.4, -0.2) is 37.1 Å². The Kier molecular flexibility index (Phi) is 29.0. The summed E-state index contributed by atoms with van der Waals surface area (Å²) in [4.78, 5) is 8.99. The molecule has 4 nitrogen and oxygen atoms in total. The van der Waals surface area contributed by atoms with E-state index in [-0.39, 0.29) is 33.6 Å². The normalized spacial score (nSPS) is 17.4. The molecule has 0 N–H and O–H groups in total. The fourth-order valence-electron chi connectivity index (χ4n) is 10.7. The molecule has 12 radical (unpaired) electrons. The molecule has 0 amide bonds. The van der Waals surface area contributed by atoms with Crippen LogP contribution in [-0.2, 0) is 79.4 Å². The van der Waals surface area contributed by atoms with E-state index in [1.54, 1.807) is 0 Å². The van der Waals surface area contributed by atoms with Crippen LogP contribution in [0.2, 0.25) is 0 Å². The molecule has 0 bridgehead atoms. The number of allylic oxidation sites excluding steroid dienone is 8. The van der Waals surface area contributed by atoms with Crippen LogP contribution in [0.25, 0.3) is 44.6 Å². The van der Waals surface area contributed by atoms with Crippen molar-refractivity contribution >= 4 is 75.4 Å². The average Bonchev–Trinajstić information content (AvgIpc) is 1.39. The number of halogens is 2. The van der Waals surface area contributed by atoms with Crippen molar-refractivity contribution in [3.8, 4) is 0 Å². The summed E-state index contributed by atoms with van der Waals surface area (Å²) >= 11 is 4.44. The van der Waals surface area contributed by atoms with Crippen LogP contribution in [0.15, 0.2) is 253 Å². The summed E-state index contributed by atoms with van der Waals surface area (Å²) in [6.45, 7) is 10.1. The molecule has 8 aromatic rings. The van der Waals surface area contributed by atoms with Crippen LogP contribution in [0.1, 0.15) is 72.2 Å². The molecule has 2 aliphatic heterocycles. The van der Waals surface area contributed by atoms with Gasteiger partial charge in [-0.15, -0.1) is 11.8 Å². The zero-order chi connectivity index (χ0) is 60.0. The molecule has 6 aliphatic rings. The molecule has 0 spiro atoms. The second kappa shape index (κ2) is 36.4. The van der Waals surface area contributed by atoms with E-state index in [0.717, 1.165) is 23.6 Å². The predicted octanol–water partition coefficient (Wildman–Crippen LogP) is 19.3. The van der Waals surface area contributed by atoms with Crippen LogP contribution in [0.3, 0.4) is 0 Å². The molecular weight excluding hydrogens is 1400 g/mol. The van der Waals surface area contributed by atoms with E-state index in [2.05, 4.69) is 349 Å². The van der Waals surface area contributed by atoms with Crippen LogP contribution in [0.5, 0.6) is 0 Å². The van der Waals surface area contributed by atoms with Crippen LogP contribution in [0, 0.1) is 75.0 Å². The molecule has 2 saturated carbocycles. The van der Waals surface area contributed by atoms with Crippen LogP contribution < -0.4 is 0 Å². The number of aliphatic imine (C=N–C) groups is 2. The van der Waals surface area contributed by atoms with Crippen LogP contribution >= 0.6 is 19.1 Å². The van der Waals surface area contributed by atoms with Crippen molar-refractivity contribution in [3.63, 3.8) is 0 Å². The third kappa shape index (κ3) is 17.5. The summed E-state index contributed by atoms with van der Waals surface area (Å²) in [5, 5.41) is 0. The third-order valence-electron chi connectivity index (χ3n) is 15.0. The number of ether oxygens (including phenoxy) is 2. The van der Waals surface area contributed by atoms with Gasteiger partial charge in [0.15, 0.2) is 11.8 Å². The molecule has 10 heteroatoms. The summed E-state index contributed by atoms with van der Waals surface area (Å²) in [5.74, 6) is 4.55. The molecule has 0 aromatic heterocycles. The first-order chi connectivity index (χ1) is 42.4. The number of hydrogen-bond donors (Lipinski definition) is 0. The molecule has 4 aliphatic carbocycles. The van der Waals surface area contributed by atoms with E-state index >= 15 is 0 Å². The molecule has 88 heavy (non-hydrogen) atoms. The maximum Gasteiger partial charge on any atom is 0 e. The van der Waals surface area contributed by atoms with Gasteiger partial charge in [0, 0.05) is 33.6 Å². The Labute approximate surface area is 574 Å². The van der Waals surface area contributed by atoms with Gasteiger partial charge in [0.05, 0.1) is 12.1 Å². The Morgan fingerprint density at radius 2 is 0.511 bits per heavy atom. The topological polar surface area (TPSA) is 43.2 Å².